The van der Waals surface area contributed by atoms with E-state index in [9.17, 15) is 0 Å². The van der Waals surface area contributed by atoms with Crippen LogP contribution in [0.4, 0.5) is 0 Å². The number of pyridine rings is 1. The highest BCUT2D eigenvalue weighted by molar-refractivity contribution is 5.67. The molecule has 0 amide bonds. The van der Waals surface area contributed by atoms with Crippen molar-refractivity contribution in [3.63, 3.8) is 0 Å². The smallest absolute Gasteiger partial charge is 0.204 e. The van der Waals surface area contributed by atoms with E-state index in [1.807, 2.05) is 67.8 Å². The van der Waals surface area contributed by atoms with Crippen molar-refractivity contribution >= 4 is 12.2 Å². The fourth-order valence-corrected chi connectivity index (χ4v) is 2.28. The van der Waals surface area contributed by atoms with Gasteiger partial charge >= 0.3 is 0 Å². The number of hydrogen-bond donors (Lipinski definition) is 0. The molecule has 2 heteroatoms. The molecule has 1 aromatic heterocycles. The van der Waals surface area contributed by atoms with Gasteiger partial charge in [0.25, 0.3) is 0 Å². The molecule has 3 rings (SSSR count). The number of nitrogens with zero attached hydrogens (tertiary/aromatic N) is 1. The Labute approximate surface area is 160 Å². The van der Waals surface area contributed by atoms with E-state index >= 15 is 0 Å². The van der Waals surface area contributed by atoms with Crippen LogP contribution >= 0.6 is 0 Å². The Balaban J connectivity index is 0.00000208. The van der Waals surface area contributed by atoms with E-state index in [-0.39, 0.29) is 24.0 Å². The molecule has 0 spiro atoms. The minimum absolute atomic E-state index is 0. The molecule has 0 unspecified atom stereocenters. The van der Waals surface area contributed by atoms with Gasteiger partial charge < -0.3 is 24.0 Å². The summed E-state index contributed by atoms with van der Waals surface area (Å²) >= 11 is 0. The molecule has 24 heavy (non-hydrogen) atoms. The monoisotopic (exact) mass is 423 g/mol. The Bertz CT molecular complexity index is 886. The van der Waals surface area contributed by atoms with Crippen LogP contribution in [0.1, 0.15) is 22.4 Å². The number of halogens is 1. The van der Waals surface area contributed by atoms with Crippen LogP contribution < -0.4 is 28.5 Å². The lowest BCUT2D eigenvalue weighted by molar-refractivity contribution is -0.673. The molecule has 0 fully saturated rings. The summed E-state index contributed by atoms with van der Waals surface area (Å²) in [4.78, 5) is 0. The molecule has 0 aliphatic rings. The van der Waals surface area contributed by atoms with Crippen LogP contribution in [0.5, 0.6) is 0 Å². The van der Waals surface area contributed by atoms with Crippen LogP contribution in [0.15, 0.2) is 79.0 Å². The third-order valence-corrected chi connectivity index (χ3v) is 3.55. The molecule has 0 aliphatic heterocycles. The Morgan fingerprint density at radius 1 is 0.750 bits per heavy atom. The highest BCUT2D eigenvalue weighted by Gasteiger charge is 1.98. The largest absolute Gasteiger partial charge is 1.00 e. The third-order valence-electron chi connectivity index (χ3n) is 3.55. The van der Waals surface area contributed by atoms with Crippen molar-refractivity contribution in [2.24, 2.45) is 7.05 Å². The zero-order chi connectivity index (χ0) is 15.9. The highest BCUT2D eigenvalue weighted by Crippen LogP contribution is 2.08. The first kappa shape index (κ1) is 18.0. The van der Waals surface area contributed by atoms with Crippen LogP contribution in [0, 0.1) is 11.8 Å². The SMILES string of the molecule is C[n+]1ccccc1/C=C/c1cccc(C#Cc2ccccc2)c1.[I-]. The second kappa shape index (κ2) is 9.05. The zero-order valence-corrected chi connectivity index (χ0v) is 15.6. The van der Waals surface area contributed by atoms with Crippen LogP contribution in [-0.2, 0) is 7.05 Å². The maximum atomic E-state index is 3.22. The molecule has 1 nitrogen and oxygen atoms in total. The van der Waals surface area contributed by atoms with Gasteiger partial charge in [0.2, 0.25) is 5.69 Å². The van der Waals surface area contributed by atoms with E-state index in [1.165, 1.54) is 0 Å². The van der Waals surface area contributed by atoms with Gasteiger partial charge in [-0.3, -0.25) is 0 Å². The van der Waals surface area contributed by atoms with Gasteiger partial charge in [0, 0.05) is 29.3 Å². The van der Waals surface area contributed by atoms with Gasteiger partial charge in [0.05, 0.1) is 0 Å². The molecule has 0 atom stereocenters. The molecular weight excluding hydrogens is 405 g/mol. The highest BCUT2D eigenvalue weighted by atomic mass is 127. The molecular formula is C22H18IN. The summed E-state index contributed by atoms with van der Waals surface area (Å²) in [5.41, 5.74) is 4.36. The van der Waals surface area contributed by atoms with Crippen LogP contribution in [0.2, 0.25) is 0 Å². The summed E-state index contributed by atoms with van der Waals surface area (Å²) in [6, 6.07) is 24.5. The topological polar surface area (TPSA) is 3.88 Å². The minimum Gasteiger partial charge on any atom is -1.00 e. The summed E-state index contributed by atoms with van der Waals surface area (Å²) < 4.78 is 2.09. The number of benzene rings is 2. The van der Waals surface area contributed by atoms with Crippen molar-refractivity contribution < 1.29 is 28.5 Å². The van der Waals surface area contributed by atoms with Crippen molar-refractivity contribution in [2.75, 3.05) is 0 Å². The van der Waals surface area contributed by atoms with E-state index in [0.29, 0.717) is 0 Å². The maximum Gasteiger partial charge on any atom is 0.204 e. The minimum atomic E-state index is 0. The quantitative estimate of drug-likeness (QED) is 0.330. The second-order valence-corrected chi connectivity index (χ2v) is 5.31. The van der Waals surface area contributed by atoms with Gasteiger partial charge in [-0.15, -0.1) is 0 Å². The Morgan fingerprint density at radius 2 is 1.46 bits per heavy atom. The number of hydrogen-bond acceptors (Lipinski definition) is 0. The fraction of sp³-hybridized carbons (Fsp3) is 0.0455. The van der Waals surface area contributed by atoms with Crippen molar-refractivity contribution in [2.45, 2.75) is 0 Å². The normalized spacial score (nSPS) is 9.88. The van der Waals surface area contributed by atoms with E-state index in [0.717, 1.165) is 22.4 Å². The van der Waals surface area contributed by atoms with Gasteiger partial charge in [0.15, 0.2) is 6.20 Å². The first-order valence-electron chi connectivity index (χ1n) is 7.61. The van der Waals surface area contributed by atoms with Crippen molar-refractivity contribution in [1.82, 2.24) is 0 Å². The van der Waals surface area contributed by atoms with Gasteiger partial charge in [0.1, 0.15) is 7.05 Å². The summed E-state index contributed by atoms with van der Waals surface area (Å²) in [6.45, 7) is 0. The van der Waals surface area contributed by atoms with Crippen LogP contribution in [-0.4, -0.2) is 0 Å². The third kappa shape index (κ3) is 5.07. The average Bonchev–Trinajstić information content (AvgIpc) is 2.61. The summed E-state index contributed by atoms with van der Waals surface area (Å²) in [5, 5.41) is 0. The molecule has 0 N–H and O–H groups in total. The number of aromatic nitrogens is 1. The molecule has 3 aromatic rings. The van der Waals surface area contributed by atoms with Crippen LogP contribution in [0.25, 0.3) is 12.2 Å². The van der Waals surface area contributed by atoms with Crippen molar-refractivity contribution in [3.05, 3.63) is 101 Å². The molecule has 0 saturated heterocycles. The van der Waals surface area contributed by atoms with Crippen molar-refractivity contribution in [1.29, 1.82) is 0 Å². The molecule has 2 aromatic carbocycles. The average molecular weight is 423 g/mol. The fourth-order valence-electron chi connectivity index (χ4n) is 2.28. The van der Waals surface area contributed by atoms with Gasteiger partial charge in [-0.1, -0.05) is 42.2 Å². The standard InChI is InChI=1S/C22H18N.HI/c1-23-17-6-5-12-22(23)16-15-21-11-7-10-20(18-21)14-13-19-8-3-2-4-9-19;/h2-12,15-18H,1H3;1H/q+1;/p-1/b16-15+;. The number of aryl methyl sites for hydroxylation is 1. The Morgan fingerprint density at radius 3 is 2.25 bits per heavy atom. The van der Waals surface area contributed by atoms with E-state index in [1.54, 1.807) is 0 Å². The van der Waals surface area contributed by atoms with E-state index < -0.39 is 0 Å². The van der Waals surface area contributed by atoms with Gasteiger partial charge in [-0.2, -0.15) is 0 Å². The summed E-state index contributed by atoms with van der Waals surface area (Å²) in [5.74, 6) is 6.41. The second-order valence-electron chi connectivity index (χ2n) is 5.31. The lowest BCUT2D eigenvalue weighted by Crippen LogP contribution is -3.00. The maximum absolute atomic E-state index is 3.22. The first-order valence-corrected chi connectivity index (χ1v) is 7.61. The van der Waals surface area contributed by atoms with E-state index in [4.69, 9.17) is 0 Å². The lowest BCUT2D eigenvalue weighted by atomic mass is 10.1. The first-order chi connectivity index (χ1) is 11.3. The molecule has 1 heterocycles. The molecule has 0 saturated carbocycles. The zero-order valence-electron chi connectivity index (χ0n) is 13.5. The Kier molecular flexibility index (Phi) is 6.77. The predicted molar refractivity (Wildman–Crippen MR) is 95.4 cm³/mol. The molecule has 118 valence electrons. The lowest BCUT2D eigenvalue weighted by Gasteiger charge is -1.96. The van der Waals surface area contributed by atoms with Gasteiger partial charge in [-0.05, 0) is 42.0 Å². The molecule has 0 radical (unpaired) electrons. The van der Waals surface area contributed by atoms with Crippen LogP contribution in [0.3, 0.4) is 0 Å². The van der Waals surface area contributed by atoms with E-state index in [2.05, 4.69) is 46.8 Å². The summed E-state index contributed by atoms with van der Waals surface area (Å²) in [6.07, 6.45) is 6.27. The van der Waals surface area contributed by atoms with Crippen molar-refractivity contribution in [3.8, 4) is 11.8 Å². The number of rotatable bonds is 2. The Hall–Kier alpha value is -2.38. The predicted octanol–water partition coefficient (Wildman–Crippen LogP) is 1.09. The summed E-state index contributed by atoms with van der Waals surface area (Å²) in [7, 11) is 2.04. The molecule has 0 bridgehead atoms. The van der Waals surface area contributed by atoms with Gasteiger partial charge in [-0.25, -0.2) is 4.57 Å². The molecule has 0 aliphatic carbocycles.